The Morgan fingerprint density at radius 2 is 2.21 bits per heavy atom. The topological polar surface area (TPSA) is 47.3 Å². The van der Waals surface area contributed by atoms with Crippen LogP contribution in [0.15, 0.2) is 34.9 Å². The highest BCUT2D eigenvalue weighted by Crippen LogP contribution is 2.29. The molecule has 4 nitrogen and oxygen atoms in total. The second-order valence-corrected chi connectivity index (χ2v) is 4.80. The highest BCUT2D eigenvalue weighted by Gasteiger charge is 2.20. The van der Waals surface area contributed by atoms with Crippen molar-refractivity contribution in [3.05, 3.63) is 36.4 Å². The predicted molar refractivity (Wildman–Crippen MR) is 73.2 cm³/mol. The number of benzene rings is 1. The van der Waals surface area contributed by atoms with E-state index in [-0.39, 0.29) is 0 Å². The summed E-state index contributed by atoms with van der Waals surface area (Å²) in [6, 6.07) is 8.54. The zero-order valence-electron chi connectivity index (χ0n) is 11.1. The lowest BCUT2D eigenvalue weighted by molar-refractivity contribution is 0.413. The van der Waals surface area contributed by atoms with E-state index in [4.69, 9.17) is 9.15 Å². The molecular weight excluding hydrogens is 240 g/mol. The number of aromatic nitrogens is 1. The largest absolute Gasteiger partial charge is 0.496 e. The molecule has 1 aromatic carbocycles. The number of oxazole rings is 1. The van der Waals surface area contributed by atoms with E-state index in [9.17, 15) is 0 Å². The van der Waals surface area contributed by atoms with Crippen molar-refractivity contribution in [2.75, 3.05) is 13.7 Å². The van der Waals surface area contributed by atoms with E-state index in [2.05, 4.69) is 10.3 Å². The van der Waals surface area contributed by atoms with Gasteiger partial charge in [-0.2, -0.15) is 0 Å². The van der Waals surface area contributed by atoms with Crippen LogP contribution in [0.5, 0.6) is 5.75 Å². The second kappa shape index (κ2) is 5.45. The fourth-order valence-electron chi connectivity index (χ4n) is 2.07. The van der Waals surface area contributed by atoms with Crippen LogP contribution in [0.4, 0.5) is 0 Å². The standard InChI is InChI=1S/C15H18N2O2/c1-18-13-5-3-2-4-12(13)14-10-17-15(19-14)8-9-16-11-6-7-11/h2-5,10-11,16H,6-9H2,1H3. The van der Waals surface area contributed by atoms with Crippen LogP contribution in [-0.4, -0.2) is 24.7 Å². The fourth-order valence-corrected chi connectivity index (χ4v) is 2.07. The summed E-state index contributed by atoms with van der Waals surface area (Å²) in [5.74, 6) is 2.34. The van der Waals surface area contributed by atoms with Crippen LogP contribution >= 0.6 is 0 Å². The molecule has 0 saturated heterocycles. The molecule has 1 N–H and O–H groups in total. The van der Waals surface area contributed by atoms with Crippen LogP contribution in [0.25, 0.3) is 11.3 Å². The number of ether oxygens (including phenoxy) is 1. The van der Waals surface area contributed by atoms with E-state index >= 15 is 0 Å². The Morgan fingerprint density at radius 3 is 3.00 bits per heavy atom. The van der Waals surface area contributed by atoms with Gasteiger partial charge in [-0.15, -0.1) is 0 Å². The molecule has 0 atom stereocenters. The van der Waals surface area contributed by atoms with Crippen molar-refractivity contribution in [3.8, 4) is 17.1 Å². The normalized spacial score (nSPS) is 14.6. The smallest absolute Gasteiger partial charge is 0.196 e. The van der Waals surface area contributed by atoms with E-state index in [1.54, 1.807) is 13.3 Å². The van der Waals surface area contributed by atoms with Crippen LogP contribution in [0, 0.1) is 0 Å². The van der Waals surface area contributed by atoms with Crippen molar-refractivity contribution < 1.29 is 9.15 Å². The fraction of sp³-hybridized carbons (Fsp3) is 0.400. The van der Waals surface area contributed by atoms with E-state index in [1.807, 2.05) is 24.3 Å². The molecule has 0 bridgehead atoms. The molecule has 2 aromatic rings. The first-order valence-electron chi connectivity index (χ1n) is 6.68. The van der Waals surface area contributed by atoms with Crippen LogP contribution in [-0.2, 0) is 6.42 Å². The zero-order chi connectivity index (χ0) is 13.1. The quantitative estimate of drug-likeness (QED) is 0.865. The van der Waals surface area contributed by atoms with Crippen LogP contribution < -0.4 is 10.1 Å². The molecule has 1 aromatic heterocycles. The van der Waals surface area contributed by atoms with E-state index in [1.165, 1.54) is 12.8 Å². The average molecular weight is 258 g/mol. The summed E-state index contributed by atoms with van der Waals surface area (Å²) in [5, 5.41) is 3.45. The molecule has 4 heteroatoms. The predicted octanol–water partition coefficient (Wildman–Crippen LogP) is 2.64. The van der Waals surface area contributed by atoms with Gasteiger partial charge in [-0.25, -0.2) is 4.98 Å². The minimum atomic E-state index is 0.726. The van der Waals surface area contributed by atoms with Crippen LogP contribution in [0.1, 0.15) is 18.7 Å². The lowest BCUT2D eigenvalue weighted by Gasteiger charge is -2.04. The Balaban J connectivity index is 1.68. The van der Waals surface area contributed by atoms with E-state index in [0.717, 1.165) is 42.0 Å². The molecule has 100 valence electrons. The number of rotatable bonds is 6. The Labute approximate surface area is 112 Å². The molecule has 0 radical (unpaired) electrons. The number of hydrogen-bond donors (Lipinski definition) is 1. The van der Waals surface area contributed by atoms with Gasteiger partial charge in [-0.3, -0.25) is 0 Å². The van der Waals surface area contributed by atoms with E-state index in [0.29, 0.717) is 0 Å². The van der Waals surface area contributed by atoms with Crippen molar-refractivity contribution in [2.24, 2.45) is 0 Å². The Hall–Kier alpha value is -1.81. The third kappa shape index (κ3) is 2.96. The molecular formula is C15H18N2O2. The van der Waals surface area contributed by atoms with Gasteiger partial charge in [0.15, 0.2) is 11.7 Å². The van der Waals surface area contributed by atoms with E-state index < -0.39 is 0 Å². The number of nitrogens with zero attached hydrogens (tertiary/aromatic N) is 1. The summed E-state index contributed by atoms with van der Waals surface area (Å²) < 4.78 is 11.1. The summed E-state index contributed by atoms with van der Waals surface area (Å²) in [4.78, 5) is 4.32. The van der Waals surface area contributed by atoms with Gasteiger partial charge in [0.05, 0.1) is 18.9 Å². The van der Waals surface area contributed by atoms with Crippen LogP contribution in [0.3, 0.4) is 0 Å². The Kier molecular flexibility index (Phi) is 3.51. The SMILES string of the molecule is COc1ccccc1-c1cnc(CCNC2CC2)o1. The first-order valence-corrected chi connectivity index (χ1v) is 6.68. The lowest BCUT2D eigenvalue weighted by Crippen LogP contribution is -2.19. The summed E-state index contributed by atoms with van der Waals surface area (Å²) in [6.07, 6.45) is 5.20. The molecule has 0 unspecified atom stereocenters. The summed E-state index contributed by atoms with van der Waals surface area (Å²) in [6.45, 7) is 0.927. The Morgan fingerprint density at radius 1 is 1.37 bits per heavy atom. The maximum absolute atomic E-state index is 5.78. The molecule has 1 aliphatic rings. The molecule has 1 aliphatic carbocycles. The lowest BCUT2D eigenvalue weighted by atomic mass is 10.1. The summed E-state index contributed by atoms with van der Waals surface area (Å²) >= 11 is 0. The molecule has 0 spiro atoms. The molecule has 0 aliphatic heterocycles. The number of hydrogen-bond acceptors (Lipinski definition) is 4. The summed E-state index contributed by atoms with van der Waals surface area (Å²) in [5.41, 5.74) is 0.943. The van der Waals surface area contributed by atoms with Gasteiger partial charge >= 0.3 is 0 Å². The molecule has 1 saturated carbocycles. The highest BCUT2D eigenvalue weighted by molar-refractivity contribution is 5.64. The maximum Gasteiger partial charge on any atom is 0.196 e. The molecule has 19 heavy (non-hydrogen) atoms. The van der Waals surface area contributed by atoms with Gasteiger partial charge < -0.3 is 14.5 Å². The van der Waals surface area contributed by atoms with Crippen molar-refractivity contribution >= 4 is 0 Å². The first-order chi connectivity index (χ1) is 9.36. The minimum absolute atomic E-state index is 0.726. The average Bonchev–Trinajstić information content (AvgIpc) is 3.15. The number of para-hydroxylation sites is 1. The van der Waals surface area contributed by atoms with Crippen molar-refractivity contribution in [3.63, 3.8) is 0 Å². The van der Waals surface area contributed by atoms with Gasteiger partial charge in [0.25, 0.3) is 0 Å². The first kappa shape index (κ1) is 12.2. The van der Waals surface area contributed by atoms with Crippen molar-refractivity contribution in [1.29, 1.82) is 0 Å². The molecule has 0 amide bonds. The van der Waals surface area contributed by atoms with Crippen molar-refractivity contribution in [1.82, 2.24) is 10.3 Å². The molecule has 1 heterocycles. The van der Waals surface area contributed by atoms with Crippen LogP contribution in [0.2, 0.25) is 0 Å². The highest BCUT2D eigenvalue weighted by atomic mass is 16.5. The van der Waals surface area contributed by atoms with Gasteiger partial charge in [-0.05, 0) is 25.0 Å². The van der Waals surface area contributed by atoms with Gasteiger partial charge in [0.2, 0.25) is 0 Å². The third-order valence-corrected chi connectivity index (χ3v) is 3.28. The van der Waals surface area contributed by atoms with Gasteiger partial charge in [0.1, 0.15) is 5.75 Å². The number of methoxy groups -OCH3 is 1. The zero-order valence-corrected chi connectivity index (χ0v) is 11.1. The van der Waals surface area contributed by atoms with Crippen molar-refractivity contribution in [2.45, 2.75) is 25.3 Å². The third-order valence-electron chi connectivity index (χ3n) is 3.28. The van der Waals surface area contributed by atoms with Gasteiger partial charge in [-0.1, -0.05) is 12.1 Å². The maximum atomic E-state index is 5.78. The molecule has 1 fully saturated rings. The Bertz CT molecular complexity index is 547. The molecule has 3 rings (SSSR count). The summed E-state index contributed by atoms with van der Waals surface area (Å²) in [7, 11) is 1.66. The minimum Gasteiger partial charge on any atom is -0.496 e. The van der Waals surface area contributed by atoms with Gasteiger partial charge in [0, 0.05) is 19.0 Å². The number of nitrogens with one attached hydrogen (secondary N) is 1. The second-order valence-electron chi connectivity index (χ2n) is 4.80. The monoisotopic (exact) mass is 258 g/mol.